The zero-order valence-electron chi connectivity index (χ0n) is 12.5. The van der Waals surface area contributed by atoms with E-state index < -0.39 is 5.60 Å². The van der Waals surface area contributed by atoms with Crippen molar-refractivity contribution in [2.75, 3.05) is 13.1 Å². The number of likely N-dealkylation sites (tertiary alicyclic amines) is 1. The van der Waals surface area contributed by atoms with Crippen molar-refractivity contribution in [1.29, 1.82) is 0 Å². The van der Waals surface area contributed by atoms with Gasteiger partial charge in [-0.05, 0) is 35.8 Å². The van der Waals surface area contributed by atoms with Gasteiger partial charge in [0.05, 0.1) is 11.6 Å². The van der Waals surface area contributed by atoms with Crippen LogP contribution in [0.2, 0.25) is 0 Å². The van der Waals surface area contributed by atoms with Crippen molar-refractivity contribution in [1.82, 2.24) is 25.1 Å². The van der Waals surface area contributed by atoms with Crippen LogP contribution in [0.25, 0.3) is 0 Å². The number of piperidine rings is 1. The second-order valence-electron chi connectivity index (χ2n) is 5.77. The zero-order valence-corrected chi connectivity index (χ0v) is 12.5. The third kappa shape index (κ3) is 2.69. The molecule has 0 radical (unpaired) electrons. The number of aromatic nitrogens is 4. The molecule has 1 atom stereocenters. The summed E-state index contributed by atoms with van der Waals surface area (Å²) in [6.07, 6.45) is 1.46. The molecule has 1 saturated heterocycles. The van der Waals surface area contributed by atoms with Crippen molar-refractivity contribution in [2.45, 2.75) is 31.4 Å². The number of nitrogens with zero attached hydrogens (tertiary/aromatic N) is 5. The van der Waals surface area contributed by atoms with Crippen LogP contribution in [0, 0.1) is 0 Å². The molecule has 112 valence electrons. The van der Waals surface area contributed by atoms with Gasteiger partial charge in [0.15, 0.2) is 5.82 Å². The number of benzene rings is 1. The predicted octanol–water partition coefficient (Wildman–Crippen LogP) is 1.25. The Morgan fingerprint density at radius 1 is 1.19 bits per heavy atom. The van der Waals surface area contributed by atoms with Gasteiger partial charge in [-0.3, -0.25) is 4.90 Å². The largest absolute Gasteiger partial charge is 0.385 e. The van der Waals surface area contributed by atoms with Crippen molar-refractivity contribution < 1.29 is 5.11 Å². The minimum atomic E-state index is -0.713. The van der Waals surface area contributed by atoms with E-state index in [2.05, 4.69) is 27.3 Å². The molecule has 21 heavy (non-hydrogen) atoms. The standard InChI is InChI=1S/C15H21N5O/c1-12(14-16-17-18-19(14)2)20-10-8-15(21,9-11-20)13-6-4-3-5-7-13/h3-7,12,21H,8-11H2,1-2H3. The van der Waals surface area contributed by atoms with Crippen molar-refractivity contribution >= 4 is 0 Å². The molecule has 6 nitrogen and oxygen atoms in total. The number of tetrazole rings is 1. The van der Waals surface area contributed by atoms with Crippen molar-refractivity contribution in [3.05, 3.63) is 41.7 Å². The molecule has 0 saturated carbocycles. The molecular formula is C15H21N5O. The lowest BCUT2D eigenvalue weighted by Gasteiger charge is -2.40. The van der Waals surface area contributed by atoms with Gasteiger partial charge in [-0.2, -0.15) is 0 Å². The summed E-state index contributed by atoms with van der Waals surface area (Å²) in [7, 11) is 1.86. The average molecular weight is 287 g/mol. The first kappa shape index (κ1) is 14.2. The molecule has 1 unspecified atom stereocenters. The lowest BCUT2D eigenvalue weighted by molar-refractivity contribution is -0.0354. The number of hydrogen-bond donors (Lipinski definition) is 1. The van der Waals surface area contributed by atoms with E-state index in [1.54, 1.807) is 4.68 Å². The highest BCUT2D eigenvalue weighted by atomic mass is 16.3. The van der Waals surface area contributed by atoms with Crippen LogP contribution in [0.3, 0.4) is 0 Å². The van der Waals surface area contributed by atoms with Crippen molar-refractivity contribution in [2.24, 2.45) is 7.05 Å². The summed E-state index contributed by atoms with van der Waals surface area (Å²) in [6, 6.07) is 10.1. The van der Waals surface area contributed by atoms with Gasteiger partial charge in [-0.1, -0.05) is 30.3 Å². The van der Waals surface area contributed by atoms with Crippen LogP contribution in [-0.2, 0) is 12.6 Å². The van der Waals surface area contributed by atoms with Crippen molar-refractivity contribution in [3.63, 3.8) is 0 Å². The van der Waals surface area contributed by atoms with Crippen LogP contribution in [0.15, 0.2) is 30.3 Å². The Hall–Kier alpha value is -1.79. The number of aryl methyl sites for hydroxylation is 1. The molecule has 1 aromatic carbocycles. The summed E-state index contributed by atoms with van der Waals surface area (Å²) in [5.41, 5.74) is 0.299. The fourth-order valence-electron chi connectivity index (χ4n) is 3.07. The van der Waals surface area contributed by atoms with E-state index in [-0.39, 0.29) is 6.04 Å². The number of aliphatic hydroxyl groups is 1. The minimum Gasteiger partial charge on any atom is -0.385 e. The van der Waals surface area contributed by atoms with Crippen LogP contribution < -0.4 is 0 Å². The topological polar surface area (TPSA) is 67.1 Å². The van der Waals surface area contributed by atoms with E-state index in [0.29, 0.717) is 0 Å². The smallest absolute Gasteiger partial charge is 0.167 e. The molecule has 1 aliphatic heterocycles. The molecule has 1 N–H and O–H groups in total. The van der Waals surface area contributed by atoms with E-state index in [1.165, 1.54) is 0 Å². The number of hydrogen-bond acceptors (Lipinski definition) is 5. The summed E-state index contributed by atoms with van der Waals surface area (Å²) in [5, 5.41) is 22.5. The van der Waals surface area contributed by atoms with Gasteiger partial charge in [0.25, 0.3) is 0 Å². The van der Waals surface area contributed by atoms with Gasteiger partial charge in [0.1, 0.15) is 0 Å². The maximum atomic E-state index is 10.9. The zero-order chi connectivity index (χ0) is 14.9. The van der Waals surface area contributed by atoms with Gasteiger partial charge in [0, 0.05) is 20.1 Å². The highest BCUT2D eigenvalue weighted by molar-refractivity contribution is 5.23. The van der Waals surface area contributed by atoms with Gasteiger partial charge in [0.2, 0.25) is 0 Å². The summed E-state index contributed by atoms with van der Waals surface area (Å²) in [5.74, 6) is 0.861. The molecule has 0 amide bonds. The third-order valence-corrected chi connectivity index (χ3v) is 4.51. The summed E-state index contributed by atoms with van der Waals surface area (Å²) >= 11 is 0. The molecule has 1 aromatic heterocycles. The van der Waals surface area contributed by atoms with E-state index in [0.717, 1.165) is 37.3 Å². The Morgan fingerprint density at radius 3 is 2.43 bits per heavy atom. The monoisotopic (exact) mass is 287 g/mol. The summed E-state index contributed by atoms with van der Waals surface area (Å²) in [4.78, 5) is 2.32. The third-order valence-electron chi connectivity index (χ3n) is 4.51. The minimum absolute atomic E-state index is 0.158. The Labute approximate surface area is 124 Å². The van der Waals surface area contributed by atoms with Gasteiger partial charge >= 0.3 is 0 Å². The van der Waals surface area contributed by atoms with E-state index in [1.807, 2.05) is 37.4 Å². The maximum absolute atomic E-state index is 10.9. The van der Waals surface area contributed by atoms with Gasteiger partial charge in [-0.15, -0.1) is 5.10 Å². The SMILES string of the molecule is CC(c1nnnn1C)N1CCC(O)(c2ccccc2)CC1. The first-order valence-electron chi connectivity index (χ1n) is 7.34. The van der Waals surface area contributed by atoms with Crippen LogP contribution >= 0.6 is 0 Å². The first-order chi connectivity index (χ1) is 10.1. The second-order valence-corrected chi connectivity index (χ2v) is 5.77. The predicted molar refractivity (Wildman–Crippen MR) is 78.4 cm³/mol. The Balaban J connectivity index is 1.69. The van der Waals surface area contributed by atoms with Gasteiger partial charge in [-0.25, -0.2) is 4.68 Å². The molecule has 0 aliphatic carbocycles. The van der Waals surface area contributed by atoms with E-state index in [4.69, 9.17) is 0 Å². The van der Waals surface area contributed by atoms with E-state index >= 15 is 0 Å². The molecule has 1 fully saturated rings. The highest BCUT2D eigenvalue weighted by Crippen LogP contribution is 2.35. The van der Waals surface area contributed by atoms with E-state index in [9.17, 15) is 5.11 Å². The molecule has 1 aliphatic rings. The molecule has 6 heteroatoms. The van der Waals surface area contributed by atoms with Crippen LogP contribution in [-0.4, -0.2) is 43.3 Å². The fourth-order valence-corrected chi connectivity index (χ4v) is 3.07. The number of rotatable bonds is 3. The Kier molecular flexibility index (Phi) is 3.73. The first-order valence-corrected chi connectivity index (χ1v) is 7.34. The quantitative estimate of drug-likeness (QED) is 0.920. The Bertz CT molecular complexity index is 589. The maximum Gasteiger partial charge on any atom is 0.167 e. The fraction of sp³-hybridized carbons (Fsp3) is 0.533. The van der Waals surface area contributed by atoms with Crippen LogP contribution in [0.5, 0.6) is 0 Å². The van der Waals surface area contributed by atoms with Gasteiger partial charge < -0.3 is 5.11 Å². The average Bonchev–Trinajstić information content (AvgIpc) is 2.94. The lowest BCUT2D eigenvalue weighted by atomic mass is 9.84. The normalized spacial score (nSPS) is 20.3. The lowest BCUT2D eigenvalue weighted by Crippen LogP contribution is -2.43. The molecular weight excluding hydrogens is 266 g/mol. The molecule has 3 rings (SSSR count). The summed E-state index contributed by atoms with van der Waals surface area (Å²) < 4.78 is 1.71. The molecule has 2 aromatic rings. The summed E-state index contributed by atoms with van der Waals surface area (Å²) in [6.45, 7) is 3.78. The highest BCUT2D eigenvalue weighted by Gasteiger charge is 2.36. The van der Waals surface area contributed by atoms with Crippen LogP contribution in [0.4, 0.5) is 0 Å². The second kappa shape index (κ2) is 5.54. The molecule has 0 spiro atoms. The van der Waals surface area contributed by atoms with Crippen molar-refractivity contribution in [3.8, 4) is 0 Å². The molecule has 0 bridgehead atoms. The van der Waals surface area contributed by atoms with Crippen LogP contribution in [0.1, 0.15) is 37.2 Å². The molecule has 2 heterocycles. The Morgan fingerprint density at radius 2 is 1.86 bits per heavy atom.